The van der Waals surface area contributed by atoms with Crippen molar-refractivity contribution in [1.82, 2.24) is 19.9 Å². The Morgan fingerprint density at radius 1 is 0.944 bits per heavy atom. The summed E-state index contributed by atoms with van der Waals surface area (Å²) >= 11 is 6.58. The van der Waals surface area contributed by atoms with E-state index in [1.807, 2.05) is 48.5 Å². The zero-order chi connectivity index (χ0) is 24.6. The van der Waals surface area contributed by atoms with Gasteiger partial charge in [0.05, 0.1) is 21.9 Å². The van der Waals surface area contributed by atoms with Crippen molar-refractivity contribution in [3.05, 3.63) is 87.8 Å². The van der Waals surface area contributed by atoms with Crippen LogP contribution in [0.25, 0.3) is 44.6 Å². The van der Waals surface area contributed by atoms with Crippen molar-refractivity contribution in [3.8, 4) is 22.5 Å². The minimum atomic E-state index is -0.639. The molecule has 0 amide bonds. The summed E-state index contributed by atoms with van der Waals surface area (Å²) in [6.07, 6.45) is 5.23. The molecule has 0 saturated heterocycles. The van der Waals surface area contributed by atoms with E-state index < -0.39 is 11.5 Å². The van der Waals surface area contributed by atoms with Crippen molar-refractivity contribution in [2.24, 2.45) is 0 Å². The number of esters is 1. The minimum absolute atomic E-state index is 0.0807. The van der Waals surface area contributed by atoms with Gasteiger partial charge >= 0.3 is 5.97 Å². The van der Waals surface area contributed by atoms with E-state index in [4.69, 9.17) is 26.3 Å². The molecule has 0 atom stereocenters. The first kappa shape index (κ1) is 22.4. The number of rotatable bonds is 4. The van der Waals surface area contributed by atoms with E-state index in [9.17, 15) is 9.59 Å². The molecule has 7 nitrogen and oxygen atoms in total. The molecule has 3 aromatic heterocycles. The average Bonchev–Trinajstić information content (AvgIpc) is 3.41. The molecule has 178 valence electrons. The summed E-state index contributed by atoms with van der Waals surface area (Å²) in [5.41, 5.74) is 3.46. The number of ether oxygens (including phenoxy) is 1. The van der Waals surface area contributed by atoms with Crippen LogP contribution in [0, 0.1) is 0 Å². The van der Waals surface area contributed by atoms with Crippen LogP contribution in [0.5, 0.6) is 0 Å². The van der Waals surface area contributed by atoms with E-state index in [-0.39, 0.29) is 17.3 Å². The lowest BCUT2D eigenvalue weighted by molar-refractivity contribution is 0.0316. The summed E-state index contributed by atoms with van der Waals surface area (Å²) in [7, 11) is 0. The van der Waals surface area contributed by atoms with E-state index in [1.54, 1.807) is 12.3 Å². The van der Waals surface area contributed by atoms with Crippen LogP contribution in [-0.2, 0) is 4.74 Å². The van der Waals surface area contributed by atoms with E-state index in [2.05, 4.69) is 9.97 Å². The normalized spacial score (nSPS) is 13.9. The molecule has 0 bridgehead atoms. The van der Waals surface area contributed by atoms with Crippen LogP contribution in [0.15, 0.2) is 71.7 Å². The molecular formula is C28H21ClN4O3. The third-order valence-electron chi connectivity index (χ3n) is 6.46. The summed E-state index contributed by atoms with van der Waals surface area (Å²) in [6.45, 7) is 0. The summed E-state index contributed by atoms with van der Waals surface area (Å²) < 4.78 is 5.57. The van der Waals surface area contributed by atoms with E-state index >= 15 is 0 Å². The Kier molecular flexibility index (Phi) is 5.70. The zero-order valence-corrected chi connectivity index (χ0v) is 20.0. The number of aromatic amines is 1. The highest BCUT2D eigenvalue weighted by atomic mass is 35.5. The second-order valence-corrected chi connectivity index (χ2v) is 9.28. The number of nitrogens with zero attached hydrogens (tertiary/aromatic N) is 3. The predicted molar refractivity (Wildman–Crippen MR) is 139 cm³/mol. The molecule has 0 unspecified atom stereocenters. The third kappa shape index (κ3) is 4.12. The molecule has 0 aliphatic heterocycles. The van der Waals surface area contributed by atoms with Crippen LogP contribution in [0.3, 0.4) is 0 Å². The third-order valence-corrected chi connectivity index (χ3v) is 6.74. The maximum Gasteiger partial charge on any atom is 0.344 e. The maximum atomic E-state index is 12.8. The zero-order valence-electron chi connectivity index (χ0n) is 19.2. The molecule has 1 saturated carbocycles. The number of carbonyl (C=O) groups is 1. The number of nitrogens with one attached hydrogen (secondary N) is 1. The lowest BCUT2D eigenvalue weighted by Gasteiger charge is -2.13. The number of carbonyl (C=O) groups excluding carboxylic acids is 1. The van der Waals surface area contributed by atoms with Crippen molar-refractivity contribution in [3.63, 3.8) is 0 Å². The minimum Gasteiger partial charge on any atom is -0.459 e. The van der Waals surface area contributed by atoms with Gasteiger partial charge in [-0.25, -0.2) is 14.8 Å². The van der Waals surface area contributed by atoms with Gasteiger partial charge in [0, 0.05) is 22.7 Å². The number of fused-ring (bicyclic) bond motifs is 2. The smallest absolute Gasteiger partial charge is 0.344 e. The molecule has 5 aromatic rings. The lowest BCUT2D eigenvalue weighted by Crippen LogP contribution is -2.23. The Bertz CT molecular complexity index is 1680. The molecule has 6 rings (SSSR count). The van der Waals surface area contributed by atoms with Gasteiger partial charge in [0.2, 0.25) is 0 Å². The standard InChI is InChI=1S/C28H21ClN4O3/c29-21-14-18(13-17-9-6-12-30-23(17)21)25-24(16-7-2-1-3-8-16)32-26-22(31-25)15-20(27(34)33-26)28(35)36-19-10-4-5-11-19/h1-3,6-9,12-15,19H,4-5,10-11H2,(H,32,33,34). The summed E-state index contributed by atoms with van der Waals surface area (Å²) in [5.74, 6) is -0.639. The highest BCUT2D eigenvalue weighted by Crippen LogP contribution is 2.34. The SMILES string of the molecule is O=C(OC1CCCC1)c1cc2nc(-c3cc(Cl)c4ncccc4c3)c(-c3ccccc3)nc2[nH]c1=O. The number of halogens is 1. The molecule has 36 heavy (non-hydrogen) atoms. The van der Waals surface area contributed by atoms with Crippen molar-refractivity contribution in [2.75, 3.05) is 0 Å². The van der Waals surface area contributed by atoms with Crippen molar-refractivity contribution < 1.29 is 9.53 Å². The Balaban J connectivity index is 1.54. The first-order valence-electron chi connectivity index (χ1n) is 11.8. The van der Waals surface area contributed by atoms with E-state index in [0.717, 1.165) is 42.2 Å². The topological polar surface area (TPSA) is 97.8 Å². The fourth-order valence-corrected chi connectivity index (χ4v) is 4.95. The van der Waals surface area contributed by atoms with Gasteiger partial charge in [-0.1, -0.05) is 48.0 Å². The van der Waals surface area contributed by atoms with E-state index in [0.29, 0.717) is 27.4 Å². The number of H-pyrrole nitrogens is 1. The second kappa shape index (κ2) is 9.17. The summed E-state index contributed by atoms with van der Waals surface area (Å²) in [6, 6.07) is 18.6. The quantitative estimate of drug-likeness (QED) is 0.308. The lowest BCUT2D eigenvalue weighted by atomic mass is 10.0. The molecule has 3 heterocycles. The molecule has 0 radical (unpaired) electrons. The first-order chi connectivity index (χ1) is 17.6. The van der Waals surface area contributed by atoms with Crippen LogP contribution in [0.4, 0.5) is 0 Å². The van der Waals surface area contributed by atoms with E-state index in [1.165, 1.54) is 6.07 Å². The summed E-state index contributed by atoms with van der Waals surface area (Å²) in [4.78, 5) is 42.3. The van der Waals surface area contributed by atoms with Crippen molar-refractivity contribution in [1.29, 1.82) is 0 Å². The van der Waals surface area contributed by atoms with Crippen LogP contribution >= 0.6 is 11.6 Å². The molecule has 0 spiro atoms. The number of hydrogen-bond acceptors (Lipinski definition) is 6. The number of aromatic nitrogens is 4. The van der Waals surface area contributed by atoms with Gasteiger partial charge in [0.25, 0.3) is 5.56 Å². The van der Waals surface area contributed by atoms with Crippen LogP contribution in [0.2, 0.25) is 5.02 Å². The van der Waals surface area contributed by atoms with Crippen LogP contribution in [0.1, 0.15) is 36.0 Å². The first-order valence-corrected chi connectivity index (χ1v) is 12.2. The second-order valence-electron chi connectivity index (χ2n) is 8.88. The fraction of sp³-hybridized carbons (Fsp3) is 0.179. The Labute approximate surface area is 211 Å². The van der Waals surface area contributed by atoms with Gasteiger partial charge in [-0.2, -0.15) is 0 Å². The maximum absolute atomic E-state index is 12.8. The average molecular weight is 497 g/mol. The van der Waals surface area contributed by atoms with Gasteiger partial charge in [-0.15, -0.1) is 0 Å². The number of benzene rings is 2. The summed E-state index contributed by atoms with van der Waals surface area (Å²) in [5, 5.41) is 1.36. The molecule has 1 fully saturated rings. The molecule has 1 N–H and O–H groups in total. The van der Waals surface area contributed by atoms with Gasteiger partial charge < -0.3 is 9.72 Å². The van der Waals surface area contributed by atoms with Gasteiger partial charge in [-0.05, 0) is 49.9 Å². The molecule has 1 aliphatic carbocycles. The van der Waals surface area contributed by atoms with Gasteiger partial charge in [0.15, 0.2) is 5.65 Å². The molecule has 2 aromatic carbocycles. The number of pyridine rings is 2. The monoisotopic (exact) mass is 496 g/mol. The van der Waals surface area contributed by atoms with Gasteiger partial charge in [0.1, 0.15) is 17.2 Å². The van der Waals surface area contributed by atoms with Crippen LogP contribution < -0.4 is 5.56 Å². The molecule has 1 aliphatic rings. The largest absolute Gasteiger partial charge is 0.459 e. The Morgan fingerprint density at radius 3 is 2.53 bits per heavy atom. The van der Waals surface area contributed by atoms with Gasteiger partial charge in [-0.3, -0.25) is 9.78 Å². The fourth-order valence-electron chi connectivity index (χ4n) is 4.67. The van der Waals surface area contributed by atoms with Crippen molar-refractivity contribution >= 4 is 39.6 Å². The number of hydrogen-bond donors (Lipinski definition) is 1. The Morgan fingerprint density at radius 2 is 1.72 bits per heavy atom. The molecular weight excluding hydrogens is 476 g/mol. The highest BCUT2D eigenvalue weighted by molar-refractivity contribution is 6.35. The molecule has 8 heteroatoms. The van der Waals surface area contributed by atoms with Crippen LogP contribution in [-0.4, -0.2) is 32.0 Å². The highest BCUT2D eigenvalue weighted by Gasteiger charge is 2.23. The predicted octanol–water partition coefficient (Wildman–Crippen LogP) is 5.95. The Hall–Kier alpha value is -4.10. The van der Waals surface area contributed by atoms with Crippen molar-refractivity contribution in [2.45, 2.75) is 31.8 Å².